The quantitative estimate of drug-likeness (QED) is 0.403. The first kappa shape index (κ1) is 19.1. The molecule has 0 aromatic rings. The van der Waals surface area contributed by atoms with Crippen molar-refractivity contribution in [1.82, 2.24) is 0 Å². The van der Waals surface area contributed by atoms with Crippen molar-refractivity contribution in [3.8, 4) is 0 Å². The molecule has 5 nitrogen and oxygen atoms in total. The van der Waals surface area contributed by atoms with Crippen LogP contribution >= 0.6 is 0 Å². The second-order valence-electron chi connectivity index (χ2n) is 2.09. The summed E-state index contributed by atoms with van der Waals surface area (Å²) in [7, 11) is 0. The summed E-state index contributed by atoms with van der Waals surface area (Å²) in [6.07, 6.45) is -2.49. The molecule has 0 amide bonds. The number of carboxylic acids is 1. The fourth-order valence-corrected chi connectivity index (χ4v) is 0.323. The molecular weight excluding hydrogens is 201 g/mol. The summed E-state index contributed by atoms with van der Waals surface area (Å²) in [5.74, 6) is -2.17. The molecule has 0 fully saturated rings. The number of carbonyl (C=O) groups is 2. The van der Waals surface area contributed by atoms with Crippen molar-refractivity contribution < 1.29 is 24.5 Å². The Morgan fingerprint density at radius 1 is 1.23 bits per heavy atom. The highest BCUT2D eigenvalue weighted by Gasteiger charge is 2.18. The molecule has 0 aromatic heterocycles. The number of hydrogen-bond donors (Lipinski definition) is 2. The number of aliphatic carboxylic acids is 1. The van der Waals surface area contributed by atoms with Gasteiger partial charge >= 0.3 is 58.0 Å². The van der Waals surface area contributed by atoms with E-state index in [2.05, 4.69) is 4.74 Å². The molecule has 0 aliphatic heterocycles. The Kier molecular flexibility index (Phi) is 13.2. The van der Waals surface area contributed by atoms with Gasteiger partial charge in [0, 0.05) is 0 Å². The first-order valence-corrected chi connectivity index (χ1v) is 3.06. The van der Waals surface area contributed by atoms with Crippen LogP contribution in [0.5, 0.6) is 0 Å². The van der Waals surface area contributed by atoms with E-state index in [1.54, 1.807) is 0 Å². The molecule has 72 valence electrons. The van der Waals surface area contributed by atoms with Crippen LogP contribution in [0.3, 0.4) is 0 Å². The van der Waals surface area contributed by atoms with Gasteiger partial charge in [-0.25, -0.2) is 9.59 Å². The predicted octanol–water partition coefficient (Wildman–Crippen LogP) is -2.45. The van der Waals surface area contributed by atoms with Crippen LogP contribution in [0.25, 0.3) is 0 Å². The second kappa shape index (κ2) is 9.01. The first-order valence-electron chi connectivity index (χ1n) is 3.06. The lowest BCUT2D eigenvalue weighted by molar-refractivity contribution is -0.168. The molecule has 7 heteroatoms. The van der Waals surface area contributed by atoms with Gasteiger partial charge in [-0.1, -0.05) is 0 Å². The third-order valence-electron chi connectivity index (χ3n) is 0.982. The van der Waals surface area contributed by atoms with Gasteiger partial charge in [0.25, 0.3) is 0 Å². The highest BCUT2D eigenvalue weighted by atomic mass is 24.3. The van der Waals surface area contributed by atoms with Crippen molar-refractivity contribution in [2.45, 2.75) is 26.1 Å². The predicted molar refractivity (Wildman–Crippen MR) is 52.0 cm³/mol. The van der Waals surface area contributed by atoms with Crippen LogP contribution in [-0.2, 0) is 14.3 Å². The molecule has 0 saturated carbocycles. The Labute approximate surface area is 108 Å². The van der Waals surface area contributed by atoms with Crippen molar-refractivity contribution in [2.75, 3.05) is 0 Å². The summed E-state index contributed by atoms with van der Waals surface area (Å²) < 4.78 is 4.28. The van der Waals surface area contributed by atoms with E-state index < -0.39 is 24.1 Å². The average Bonchev–Trinajstić information content (AvgIpc) is 1.87. The molecule has 0 heterocycles. The Morgan fingerprint density at radius 2 is 1.62 bits per heavy atom. The molecule has 0 rings (SSSR count). The third-order valence-corrected chi connectivity index (χ3v) is 0.982. The van der Waals surface area contributed by atoms with Crippen molar-refractivity contribution in [1.29, 1.82) is 0 Å². The number of carboxylic acid groups (broad SMARTS) is 1. The van der Waals surface area contributed by atoms with E-state index >= 15 is 0 Å². The van der Waals surface area contributed by atoms with Crippen LogP contribution in [-0.4, -0.2) is 80.5 Å². The molecule has 2 atom stereocenters. The maximum absolute atomic E-state index is 10.5. The minimum Gasteiger partial charge on any atom is -0.479 e. The van der Waals surface area contributed by atoms with Gasteiger partial charge in [0.2, 0.25) is 0 Å². The SMILES string of the molecule is CC(O)C(=O)OC(C)C(=O)O.[MgH2].[MgH2]. The normalized spacial score (nSPS) is 12.8. The maximum Gasteiger partial charge on any atom is 0.344 e. The van der Waals surface area contributed by atoms with E-state index in [0.29, 0.717) is 0 Å². The monoisotopic (exact) mass is 214 g/mol. The lowest BCUT2D eigenvalue weighted by Gasteiger charge is -2.09. The summed E-state index contributed by atoms with van der Waals surface area (Å²) in [5, 5.41) is 16.8. The summed E-state index contributed by atoms with van der Waals surface area (Å²) in [4.78, 5) is 20.6. The van der Waals surface area contributed by atoms with Gasteiger partial charge in [0.05, 0.1) is 0 Å². The van der Waals surface area contributed by atoms with Gasteiger partial charge in [0.1, 0.15) is 6.10 Å². The van der Waals surface area contributed by atoms with Gasteiger partial charge in [0.15, 0.2) is 6.10 Å². The molecule has 2 unspecified atom stereocenters. The van der Waals surface area contributed by atoms with E-state index in [1.165, 1.54) is 13.8 Å². The molecule has 0 radical (unpaired) electrons. The largest absolute Gasteiger partial charge is 0.479 e. The van der Waals surface area contributed by atoms with Crippen molar-refractivity contribution >= 4 is 58.0 Å². The molecule has 0 aromatic carbocycles. The molecule has 2 N–H and O–H groups in total. The van der Waals surface area contributed by atoms with E-state index in [4.69, 9.17) is 10.2 Å². The molecule has 13 heavy (non-hydrogen) atoms. The van der Waals surface area contributed by atoms with Gasteiger partial charge in [-0.3, -0.25) is 0 Å². The molecule has 0 bridgehead atoms. The average molecular weight is 215 g/mol. The van der Waals surface area contributed by atoms with E-state index in [-0.39, 0.29) is 46.1 Å². The van der Waals surface area contributed by atoms with E-state index in [1.807, 2.05) is 0 Å². The summed E-state index contributed by atoms with van der Waals surface area (Å²) >= 11 is 0. The Hall–Kier alpha value is 0.432. The fraction of sp³-hybridized carbons (Fsp3) is 0.667. The molecular formula is C6H14Mg2O5. The Balaban J connectivity index is -0.000000500. The van der Waals surface area contributed by atoms with Gasteiger partial charge < -0.3 is 14.9 Å². The lowest BCUT2D eigenvalue weighted by Crippen LogP contribution is -2.29. The van der Waals surface area contributed by atoms with Crippen molar-refractivity contribution in [3.05, 3.63) is 0 Å². The molecule has 0 aliphatic rings. The fourth-order valence-electron chi connectivity index (χ4n) is 0.323. The summed E-state index contributed by atoms with van der Waals surface area (Å²) in [6.45, 7) is 2.42. The summed E-state index contributed by atoms with van der Waals surface area (Å²) in [5.41, 5.74) is 0. The first-order chi connectivity index (χ1) is 4.95. The second-order valence-corrected chi connectivity index (χ2v) is 2.09. The zero-order chi connectivity index (χ0) is 9.02. The van der Waals surface area contributed by atoms with Crippen LogP contribution in [0.2, 0.25) is 0 Å². The van der Waals surface area contributed by atoms with Crippen LogP contribution < -0.4 is 0 Å². The smallest absolute Gasteiger partial charge is 0.344 e. The van der Waals surface area contributed by atoms with Crippen LogP contribution in [0.15, 0.2) is 0 Å². The number of ether oxygens (including phenoxy) is 1. The van der Waals surface area contributed by atoms with E-state index in [9.17, 15) is 9.59 Å². The topological polar surface area (TPSA) is 83.8 Å². The molecule has 0 spiro atoms. The zero-order valence-electron chi connectivity index (χ0n) is 6.27. The van der Waals surface area contributed by atoms with E-state index in [0.717, 1.165) is 0 Å². The Morgan fingerprint density at radius 3 is 1.85 bits per heavy atom. The number of rotatable bonds is 3. The summed E-state index contributed by atoms with van der Waals surface area (Å²) in [6, 6.07) is 0. The van der Waals surface area contributed by atoms with Crippen molar-refractivity contribution in [3.63, 3.8) is 0 Å². The highest BCUT2D eigenvalue weighted by molar-refractivity contribution is 5.79. The zero-order valence-corrected chi connectivity index (χ0v) is 6.27. The van der Waals surface area contributed by atoms with Crippen LogP contribution in [0, 0.1) is 0 Å². The highest BCUT2D eigenvalue weighted by Crippen LogP contribution is 1.94. The number of aliphatic hydroxyl groups excluding tert-OH is 1. The maximum atomic E-state index is 10.5. The van der Waals surface area contributed by atoms with Crippen LogP contribution in [0.1, 0.15) is 13.8 Å². The van der Waals surface area contributed by atoms with Gasteiger partial charge in [-0.2, -0.15) is 0 Å². The standard InChI is InChI=1S/C6H10O5.2Mg.4H/c1-3(7)6(10)11-4(2)5(8)9;;;;;;/h3-4,7H,1-2H3,(H,8,9);;;;;;. The lowest BCUT2D eigenvalue weighted by atomic mass is 10.4. The molecule has 0 aliphatic carbocycles. The minimum absolute atomic E-state index is 0. The minimum atomic E-state index is -1.28. The van der Waals surface area contributed by atoms with Crippen LogP contribution in [0.4, 0.5) is 0 Å². The number of esters is 1. The van der Waals surface area contributed by atoms with Crippen molar-refractivity contribution in [2.24, 2.45) is 0 Å². The van der Waals surface area contributed by atoms with Gasteiger partial charge in [-0.05, 0) is 13.8 Å². The van der Waals surface area contributed by atoms with Gasteiger partial charge in [-0.15, -0.1) is 0 Å². The number of aliphatic hydroxyl groups is 1. The Bertz CT molecular complexity index is 170. The number of hydrogen-bond acceptors (Lipinski definition) is 4. The third kappa shape index (κ3) is 8.75. The molecule has 0 saturated heterocycles. The number of carbonyl (C=O) groups excluding carboxylic acids is 1.